The molecule has 0 saturated heterocycles. The summed E-state index contributed by atoms with van der Waals surface area (Å²) in [7, 11) is 3.10. The molecule has 1 fully saturated rings. The first-order valence-corrected chi connectivity index (χ1v) is 11.7. The van der Waals surface area contributed by atoms with E-state index in [4.69, 9.17) is 18.8 Å². The number of amides is 1. The maximum Gasteiger partial charge on any atom is 0.460 e. The van der Waals surface area contributed by atoms with E-state index in [1.54, 1.807) is 43.8 Å². The number of thiazole rings is 1. The van der Waals surface area contributed by atoms with Gasteiger partial charge in [0.05, 0.1) is 12.8 Å². The predicted octanol–water partition coefficient (Wildman–Crippen LogP) is 3.69. The SMILES string of the molecule is COc1cccc(/C(=N\OCc2csc(NC(=O)OC3CCCCC3)n2)c2nc(=O)on2C)c1. The molecule has 11 nitrogen and oxygen atoms in total. The highest BCUT2D eigenvalue weighted by atomic mass is 32.1. The molecule has 34 heavy (non-hydrogen) atoms. The van der Waals surface area contributed by atoms with Gasteiger partial charge >= 0.3 is 11.8 Å². The van der Waals surface area contributed by atoms with Crippen molar-refractivity contribution in [1.29, 1.82) is 0 Å². The number of methoxy groups -OCH3 is 1. The molecule has 1 N–H and O–H groups in total. The lowest BCUT2D eigenvalue weighted by Gasteiger charge is -2.21. The molecule has 4 rings (SSSR count). The molecule has 1 amide bonds. The van der Waals surface area contributed by atoms with Crippen molar-refractivity contribution in [2.45, 2.75) is 44.8 Å². The van der Waals surface area contributed by atoms with Gasteiger partial charge in [0.2, 0.25) is 0 Å². The lowest BCUT2D eigenvalue weighted by Crippen LogP contribution is -2.24. The molecule has 2 aromatic heterocycles. The molecule has 0 unspecified atom stereocenters. The number of hydrogen-bond acceptors (Lipinski definition) is 10. The third kappa shape index (κ3) is 6.01. The highest BCUT2D eigenvalue weighted by Crippen LogP contribution is 2.22. The summed E-state index contributed by atoms with van der Waals surface area (Å²) < 4.78 is 16.9. The van der Waals surface area contributed by atoms with Gasteiger partial charge in [-0.1, -0.05) is 23.7 Å². The molecule has 0 spiro atoms. The lowest BCUT2D eigenvalue weighted by molar-refractivity contribution is 0.0865. The Bertz CT molecular complexity index is 1210. The molecule has 1 saturated carbocycles. The number of rotatable bonds is 8. The second-order valence-electron chi connectivity index (χ2n) is 7.67. The molecule has 1 aliphatic carbocycles. The van der Waals surface area contributed by atoms with E-state index in [1.807, 2.05) is 0 Å². The molecule has 180 valence electrons. The van der Waals surface area contributed by atoms with Crippen LogP contribution >= 0.6 is 11.3 Å². The summed E-state index contributed by atoms with van der Waals surface area (Å²) >= 11 is 1.26. The zero-order valence-corrected chi connectivity index (χ0v) is 19.7. The molecule has 2 heterocycles. The summed E-state index contributed by atoms with van der Waals surface area (Å²) in [5, 5.41) is 9.02. The summed E-state index contributed by atoms with van der Waals surface area (Å²) in [5.41, 5.74) is 1.48. The van der Waals surface area contributed by atoms with Crippen LogP contribution in [0.3, 0.4) is 0 Å². The minimum Gasteiger partial charge on any atom is -0.497 e. The first-order valence-electron chi connectivity index (χ1n) is 10.8. The molecule has 1 aliphatic rings. The van der Waals surface area contributed by atoms with E-state index in [0.717, 1.165) is 25.7 Å². The largest absolute Gasteiger partial charge is 0.497 e. The number of nitrogens with one attached hydrogen (secondary N) is 1. The Hall–Kier alpha value is -3.67. The van der Waals surface area contributed by atoms with E-state index >= 15 is 0 Å². The number of carbonyl (C=O) groups excluding carboxylic acids is 1. The normalized spacial score (nSPS) is 14.6. The number of oxime groups is 1. The summed E-state index contributed by atoms with van der Waals surface area (Å²) in [5.74, 6) is 0.0572. The van der Waals surface area contributed by atoms with Gasteiger partial charge in [-0.3, -0.25) is 5.32 Å². The Kier molecular flexibility index (Phi) is 7.58. The zero-order chi connectivity index (χ0) is 23.9. The summed E-state index contributed by atoms with van der Waals surface area (Å²) in [6.07, 6.45) is 4.61. The van der Waals surface area contributed by atoms with Gasteiger partial charge in [-0.25, -0.2) is 14.6 Å². The fraction of sp³-hybridized carbons (Fsp3) is 0.409. The molecule has 1 aromatic carbocycles. The number of ether oxygens (including phenoxy) is 2. The Morgan fingerprint density at radius 3 is 2.85 bits per heavy atom. The van der Waals surface area contributed by atoms with Crippen LogP contribution in [0.1, 0.15) is 49.2 Å². The van der Waals surface area contributed by atoms with Crippen LogP contribution in [0, 0.1) is 0 Å². The van der Waals surface area contributed by atoms with Crippen LogP contribution in [-0.2, 0) is 23.2 Å². The van der Waals surface area contributed by atoms with Crippen LogP contribution in [-0.4, -0.2) is 39.7 Å². The van der Waals surface area contributed by atoms with Gasteiger partial charge in [0.15, 0.2) is 23.3 Å². The van der Waals surface area contributed by atoms with Crippen molar-refractivity contribution in [3.63, 3.8) is 0 Å². The standard InChI is InChI=1S/C22H25N5O6S/c1-27-19(24-22(29)33-27)18(14-7-6-10-17(11-14)30-2)26-31-12-15-13-34-20(23-15)25-21(28)32-16-8-4-3-5-9-16/h6-7,10-11,13,16H,3-5,8-9,12H2,1-2H3,(H,23,25,28)/b26-18+. The fourth-order valence-corrected chi connectivity index (χ4v) is 4.26. The van der Waals surface area contributed by atoms with Crippen molar-refractivity contribution < 1.29 is 23.6 Å². The third-order valence-corrected chi connectivity index (χ3v) is 6.03. The van der Waals surface area contributed by atoms with E-state index in [0.29, 0.717) is 22.1 Å². The van der Waals surface area contributed by atoms with Gasteiger partial charge in [-0.2, -0.15) is 9.72 Å². The number of anilines is 1. The predicted molar refractivity (Wildman–Crippen MR) is 124 cm³/mol. The molecule has 0 bridgehead atoms. The van der Waals surface area contributed by atoms with Gasteiger partial charge in [0, 0.05) is 18.0 Å². The van der Waals surface area contributed by atoms with Crippen LogP contribution in [0.2, 0.25) is 0 Å². The quantitative estimate of drug-likeness (QED) is 0.376. The Labute approximate surface area is 199 Å². The van der Waals surface area contributed by atoms with Crippen molar-refractivity contribution >= 4 is 28.3 Å². The Morgan fingerprint density at radius 1 is 1.29 bits per heavy atom. The van der Waals surface area contributed by atoms with E-state index in [9.17, 15) is 9.59 Å². The first-order chi connectivity index (χ1) is 16.5. The number of nitrogens with zero attached hydrogens (tertiary/aromatic N) is 4. The molecule has 3 aromatic rings. The number of aryl methyl sites for hydroxylation is 1. The van der Waals surface area contributed by atoms with E-state index in [1.165, 1.54) is 22.5 Å². The molecule has 0 aliphatic heterocycles. The average molecular weight is 488 g/mol. The van der Waals surface area contributed by atoms with Crippen LogP contribution in [0.25, 0.3) is 0 Å². The van der Waals surface area contributed by atoms with Crippen LogP contribution in [0.5, 0.6) is 5.75 Å². The average Bonchev–Trinajstić information content (AvgIpc) is 3.42. The van der Waals surface area contributed by atoms with Crippen LogP contribution in [0.15, 0.2) is 44.1 Å². The van der Waals surface area contributed by atoms with Gasteiger partial charge in [0.25, 0.3) is 0 Å². The van der Waals surface area contributed by atoms with Gasteiger partial charge in [-0.05, 0) is 37.8 Å². The molecule has 12 heteroatoms. The monoisotopic (exact) mass is 487 g/mol. The second-order valence-corrected chi connectivity index (χ2v) is 8.53. The lowest BCUT2D eigenvalue weighted by atomic mass is 9.98. The first kappa shape index (κ1) is 23.5. The van der Waals surface area contributed by atoms with Crippen molar-refractivity contribution in [1.82, 2.24) is 14.7 Å². The zero-order valence-electron chi connectivity index (χ0n) is 18.9. The Morgan fingerprint density at radius 2 is 2.12 bits per heavy atom. The van der Waals surface area contributed by atoms with Gasteiger partial charge in [-0.15, -0.1) is 11.3 Å². The smallest absolute Gasteiger partial charge is 0.460 e. The summed E-state index contributed by atoms with van der Waals surface area (Å²) in [4.78, 5) is 37.5. The maximum atomic E-state index is 12.1. The number of hydrogen-bond donors (Lipinski definition) is 1. The minimum atomic E-state index is -0.747. The number of benzene rings is 1. The topological polar surface area (TPSA) is 130 Å². The fourth-order valence-electron chi connectivity index (χ4n) is 3.58. The van der Waals surface area contributed by atoms with Gasteiger partial charge in [0.1, 0.15) is 11.9 Å². The highest BCUT2D eigenvalue weighted by molar-refractivity contribution is 7.13. The maximum absolute atomic E-state index is 12.1. The molecular weight excluding hydrogens is 462 g/mol. The van der Waals surface area contributed by atoms with Crippen LogP contribution in [0.4, 0.5) is 9.93 Å². The molecule has 0 radical (unpaired) electrons. The minimum absolute atomic E-state index is 0.0339. The second kappa shape index (κ2) is 11.0. The summed E-state index contributed by atoms with van der Waals surface area (Å²) in [6, 6.07) is 7.09. The summed E-state index contributed by atoms with van der Waals surface area (Å²) in [6.45, 7) is 0.0368. The van der Waals surface area contributed by atoms with E-state index < -0.39 is 11.8 Å². The van der Waals surface area contributed by atoms with Gasteiger partial charge < -0.3 is 18.8 Å². The molecule has 0 atom stereocenters. The molecular formula is C22H25N5O6S. The highest BCUT2D eigenvalue weighted by Gasteiger charge is 2.19. The van der Waals surface area contributed by atoms with Crippen molar-refractivity contribution in [3.05, 3.63) is 57.3 Å². The number of aromatic nitrogens is 3. The Balaban J connectivity index is 1.42. The third-order valence-electron chi connectivity index (χ3n) is 5.22. The van der Waals surface area contributed by atoms with E-state index in [-0.39, 0.29) is 24.2 Å². The van der Waals surface area contributed by atoms with Crippen molar-refractivity contribution in [2.75, 3.05) is 12.4 Å². The number of carbonyl (C=O) groups is 1. The van der Waals surface area contributed by atoms with Crippen LogP contribution < -0.4 is 15.8 Å². The van der Waals surface area contributed by atoms with Crippen molar-refractivity contribution in [2.24, 2.45) is 12.2 Å². The van der Waals surface area contributed by atoms with E-state index in [2.05, 4.69) is 20.4 Å². The van der Waals surface area contributed by atoms with Crippen molar-refractivity contribution in [3.8, 4) is 5.75 Å².